The molecule has 1 aromatic carbocycles. The Morgan fingerprint density at radius 2 is 2.40 bits per heavy atom. The maximum absolute atomic E-state index is 6.00. The number of terminal acetylenes is 1. The molecule has 1 unspecified atom stereocenters. The summed E-state index contributed by atoms with van der Waals surface area (Å²) in [6, 6.07) is 6.26. The van der Waals surface area contributed by atoms with Gasteiger partial charge in [0.1, 0.15) is 0 Å². The minimum Gasteiger partial charge on any atom is -0.397 e. The number of nitrogen functional groups attached to an aromatic ring is 1. The van der Waals surface area contributed by atoms with Crippen molar-refractivity contribution in [3.63, 3.8) is 0 Å². The summed E-state index contributed by atoms with van der Waals surface area (Å²) in [6.07, 6.45) is 7.55. The van der Waals surface area contributed by atoms with Gasteiger partial charge < -0.3 is 10.6 Å². The van der Waals surface area contributed by atoms with E-state index in [4.69, 9.17) is 12.2 Å². The lowest BCUT2D eigenvalue weighted by Crippen LogP contribution is -2.32. The zero-order chi connectivity index (χ0) is 10.8. The molecule has 2 nitrogen and oxygen atoms in total. The minimum atomic E-state index is 0.177. The van der Waals surface area contributed by atoms with E-state index in [-0.39, 0.29) is 6.04 Å². The Kier molecular flexibility index (Phi) is 2.55. The normalized spacial score (nSPS) is 15.9. The van der Waals surface area contributed by atoms with Crippen molar-refractivity contribution in [3.8, 4) is 12.3 Å². The maximum Gasteiger partial charge on any atom is 0.0899 e. The number of hydrogen-bond donors (Lipinski definition) is 1. The lowest BCUT2D eigenvalue weighted by atomic mass is 10.1. The predicted molar refractivity (Wildman–Crippen MR) is 64.8 cm³/mol. The molecule has 0 fully saturated rings. The van der Waals surface area contributed by atoms with E-state index in [1.165, 1.54) is 5.56 Å². The zero-order valence-corrected chi connectivity index (χ0v) is 9.03. The third-order valence-electron chi connectivity index (χ3n) is 3.02. The highest BCUT2D eigenvalue weighted by atomic mass is 15.2. The average molecular weight is 200 g/mol. The number of anilines is 2. The Labute approximate surface area is 91.1 Å². The van der Waals surface area contributed by atoms with Crippen LogP contribution in [0.15, 0.2) is 18.2 Å². The maximum atomic E-state index is 6.00. The highest BCUT2D eigenvalue weighted by Crippen LogP contribution is 2.35. The first-order valence-corrected chi connectivity index (χ1v) is 5.38. The van der Waals surface area contributed by atoms with Crippen molar-refractivity contribution in [1.82, 2.24) is 0 Å². The molecule has 0 aromatic heterocycles. The summed E-state index contributed by atoms with van der Waals surface area (Å²) in [5.41, 5.74) is 9.32. The first kappa shape index (κ1) is 9.92. The van der Waals surface area contributed by atoms with Crippen LogP contribution in [0, 0.1) is 12.3 Å². The van der Waals surface area contributed by atoms with Crippen LogP contribution in [0.3, 0.4) is 0 Å². The number of nitrogens with zero attached hydrogens (tertiary/aromatic N) is 1. The molecule has 0 amide bonds. The molecule has 1 aliphatic heterocycles. The highest BCUT2D eigenvalue weighted by molar-refractivity contribution is 5.75. The molecule has 0 saturated heterocycles. The van der Waals surface area contributed by atoms with Gasteiger partial charge in [-0.25, -0.2) is 0 Å². The van der Waals surface area contributed by atoms with E-state index in [2.05, 4.69) is 23.8 Å². The van der Waals surface area contributed by atoms with Crippen LogP contribution >= 0.6 is 0 Å². The molecule has 15 heavy (non-hydrogen) atoms. The van der Waals surface area contributed by atoms with Crippen molar-refractivity contribution < 1.29 is 0 Å². The van der Waals surface area contributed by atoms with Crippen LogP contribution in [0.2, 0.25) is 0 Å². The molecule has 1 aromatic rings. The summed E-state index contributed by atoms with van der Waals surface area (Å²) >= 11 is 0. The molecular formula is C13H16N2. The Balaban J connectivity index is 2.40. The second kappa shape index (κ2) is 3.86. The van der Waals surface area contributed by atoms with E-state index in [1.807, 2.05) is 12.1 Å². The molecule has 2 heteroatoms. The lowest BCUT2D eigenvalue weighted by molar-refractivity contribution is 0.705. The molecule has 78 valence electrons. The van der Waals surface area contributed by atoms with Gasteiger partial charge in [0.15, 0.2) is 0 Å². The molecule has 1 heterocycles. The number of nitrogens with two attached hydrogens (primary N) is 1. The molecule has 2 N–H and O–H groups in total. The third-order valence-corrected chi connectivity index (χ3v) is 3.02. The van der Waals surface area contributed by atoms with Gasteiger partial charge >= 0.3 is 0 Å². The zero-order valence-electron chi connectivity index (χ0n) is 9.03. The smallest absolute Gasteiger partial charge is 0.0899 e. The van der Waals surface area contributed by atoms with Crippen LogP contribution in [0.5, 0.6) is 0 Å². The molecule has 0 radical (unpaired) electrons. The third kappa shape index (κ3) is 1.55. The van der Waals surface area contributed by atoms with Crippen molar-refractivity contribution in [2.45, 2.75) is 25.8 Å². The molecule has 1 aliphatic rings. The Morgan fingerprint density at radius 1 is 1.60 bits per heavy atom. The van der Waals surface area contributed by atoms with E-state index in [1.54, 1.807) is 0 Å². The minimum absolute atomic E-state index is 0.177. The first-order valence-electron chi connectivity index (χ1n) is 5.38. The molecule has 1 atom stereocenters. The van der Waals surface area contributed by atoms with Gasteiger partial charge in [-0.15, -0.1) is 6.42 Å². The van der Waals surface area contributed by atoms with Crippen molar-refractivity contribution in [2.24, 2.45) is 0 Å². The molecule has 0 saturated carbocycles. The average Bonchev–Trinajstić information content (AvgIpc) is 2.66. The second-order valence-electron chi connectivity index (χ2n) is 3.89. The van der Waals surface area contributed by atoms with Crippen LogP contribution in [0.1, 0.15) is 18.9 Å². The van der Waals surface area contributed by atoms with Gasteiger partial charge in [-0.1, -0.05) is 25.0 Å². The Morgan fingerprint density at radius 3 is 3.07 bits per heavy atom. The van der Waals surface area contributed by atoms with Gasteiger partial charge in [0.05, 0.1) is 17.4 Å². The lowest BCUT2D eigenvalue weighted by Gasteiger charge is -2.26. The number of para-hydroxylation sites is 1. The number of benzene rings is 1. The van der Waals surface area contributed by atoms with E-state index < -0.39 is 0 Å². The molecule has 0 bridgehead atoms. The number of rotatable bonds is 2. The van der Waals surface area contributed by atoms with Gasteiger partial charge in [0.25, 0.3) is 0 Å². The second-order valence-corrected chi connectivity index (χ2v) is 3.89. The summed E-state index contributed by atoms with van der Waals surface area (Å²) in [5, 5.41) is 0. The monoisotopic (exact) mass is 200 g/mol. The quantitative estimate of drug-likeness (QED) is 0.584. The van der Waals surface area contributed by atoms with Crippen LogP contribution in [0.4, 0.5) is 11.4 Å². The van der Waals surface area contributed by atoms with Crippen LogP contribution in [-0.4, -0.2) is 12.6 Å². The van der Waals surface area contributed by atoms with E-state index >= 15 is 0 Å². The first-order chi connectivity index (χ1) is 7.27. The van der Waals surface area contributed by atoms with Crippen molar-refractivity contribution in [1.29, 1.82) is 0 Å². The van der Waals surface area contributed by atoms with Crippen molar-refractivity contribution in [3.05, 3.63) is 23.8 Å². The standard InChI is InChI=1S/C13H16N2/c1-3-11(4-2)15-9-8-10-6-5-7-12(14)13(10)15/h1,5-7,11H,4,8-9,14H2,2H3. The summed E-state index contributed by atoms with van der Waals surface area (Å²) in [6.45, 7) is 3.11. The van der Waals surface area contributed by atoms with Crippen molar-refractivity contribution in [2.75, 3.05) is 17.2 Å². The van der Waals surface area contributed by atoms with Gasteiger partial charge in [-0.2, -0.15) is 0 Å². The van der Waals surface area contributed by atoms with Gasteiger partial charge in [0.2, 0.25) is 0 Å². The topological polar surface area (TPSA) is 29.3 Å². The SMILES string of the molecule is C#CC(CC)N1CCc2cccc(N)c21. The fraction of sp³-hybridized carbons (Fsp3) is 0.385. The predicted octanol–water partition coefficient (Wildman–Crippen LogP) is 2.04. The summed E-state index contributed by atoms with van der Waals surface area (Å²) < 4.78 is 0. The van der Waals surface area contributed by atoms with E-state index in [0.717, 1.165) is 30.8 Å². The largest absolute Gasteiger partial charge is 0.397 e. The van der Waals surface area contributed by atoms with Gasteiger partial charge in [0, 0.05) is 6.54 Å². The number of hydrogen-bond acceptors (Lipinski definition) is 2. The van der Waals surface area contributed by atoms with E-state index in [0.29, 0.717) is 0 Å². The van der Waals surface area contributed by atoms with Crippen LogP contribution in [0.25, 0.3) is 0 Å². The summed E-state index contributed by atoms with van der Waals surface area (Å²) in [4.78, 5) is 2.25. The van der Waals surface area contributed by atoms with Gasteiger partial charge in [-0.05, 0) is 24.5 Å². The summed E-state index contributed by atoms with van der Waals surface area (Å²) in [5.74, 6) is 2.83. The molecule has 0 aliphatic carbocycles. The highest BCUT2D eigenvalue weighted by Gasteiger charge is 2.25. The van der Waals surface area contributed by atoms with Crippen LogP contribution in [-0.2, 0) is 6.42 Å². The van der Waals surface area contributed by atoms with Gasteiger partial charge in [-0.3, -0.25) is 0 Å². The summed E-state index contributed by atoms with van der Waals surface area (Å²) in [7, 11) is 0. The molecule has 0 spiro atoms. The Bertz CT molecular complexity index is 403. The molecule has 2 rings (SSSR count). The van der Waals surface area contributed by atoms with Crippen molar-refractivity contribution >= 4 is 11.4 Å². The fourth-order valence-electron chi connectivity index (χ4n) is 2.26. The Hall–Kier alpha value is -1.62. The number of fused-ring (bicyclic) bond motifs is 1. The van der Waals surface area contributed by atoms with E-state index in [9.17, 15) is 0 Å². The fourth-order valence-corrected chi connectivity index (χ4v) is 2.26. The van der Waals surface area contributed by atoms with Crippen LogP contribution < -0.4 is 10.6 Å². The molecular weight excluding hydrogens is 184 g/mol.